The minimum atomic E-state index is 0.194. The Labute approximate surface area is 113 Å². The van der Waals surface area contributed by atoms with Gasteiger partial charge in [-0.2, -0.15) is 11.8 Å². The van der Waals surface area contributed by atoms with Crippen molar-refractivity contribution in [2.24, 2.45) is 5.84 Å². The second-order valence-corrected chi connectivity index (χ2v) is 6.03. The van der Waals surface area contributed by atoms with Gasteiger partial charge in [0.2, 0.25) is 0 Å². The summed E-state index contributed by atoms with van der Waals surface area (Å²) in [6.45, 7) is 5.12. The van der Waals surface area contributed by atoms with E-state index in [2.05, 4.69) is 37.5 Å². The van der Waals surface area contributed by atoms with Gasteiger partial charge in [0.15, 0.2) is 0 Å². The number of benzene rings is 1. The van der Waals surface area contributed by atoms with Gasteiger partial charge < -0.3 is 4.74 Å². The molecular formula is C14H22N2OS. The second-order valence-electron chi connectivity index (χ2n) is 4.88. The number of thioether (sulfide) groups is 1. The third-order valence-corrected chi connectivity index (χ3v) is 4.55. The molecule has 0 aromatic heterocycles. The first-order valence-electron chi connectivity index (χ1n) is 6.42. The maximum Gasteiger partial charge on any atom is 0.0835 e. The Bertz CT molecular complexity index is 391. The van der Waals surface area contributed by atoms with Crippen LogP contribution >= 0.6 is 11.8 Å². The van der Waals surface area contributed by atoms with Crippen molar-refractivity contribution in [2.45, 2.75) is 32.4 Å². The van der Waals surface area contributed by atoms with Crippen molar-refractivity contribution in [2.75, 3.05) is 18.1 Å². The van der Waals surface area contributed by atoms with E-state index in [4.69, 9.17) is 10.6 Å². The van der Waals surface area contributed by atoms with Gasteiger partial charge in [0, 0.05) is 11.5 Å². The summed E-state index contributed by atoms with van der Waals surface area (Å²) in [5, 5.41) is 0. The molecule has 1 aliphatic rings. The summed E-state index contributed by atoms with van der Waals surface area (Å²) < 4.78 is 5.79. The summed E-state index contributed by atoms with van der Waals surface area (Å²) in [5.74, 6) is 7.80. The van der Waals surface area contributed by atoms with Gasteiger partial charge in [-0.15, -0.1) is 0 Å². The van der Waals surface area contributed by atoms with E-state index in [1.54, 1.807) is 0 Å². The monoisotopic (exact) mass is 266 g/mol. The molecule has 1 aliphatic heterocycles. The first kappa shape index (κ1) is 13.9. The van der Waals surface area contributed by atoms with Crippen LogP contribution in [0.2, 0.25) is 0 Å². The van der Waals surface area contributed by atoms with Crippen molar-refractivity contribution < 1.29 is 4.74 Å². The molecule has 0 saturated carbocycles. The van der Waals surface area contributed by atoms with E-state index in [1.807, 2.05) is 11.8 Å². The maximum absolute atomic E-state index is 5.79. The number of ether oxygens (including phenoxy) is 1. The average molecular weight is 266 g/mol. The largest absolute Gasteiger partial charge is 0.375 e. The molecule has 0 aliphatic carbocycles. The SMILES string of the molecule is Cc1ccc(CC(NN)C2CSCCO2)cc1C. The van der Waals surface area contributed by atoms with E-state index in [-0.39, 0.29) is 12.1 Å². The smallest absolute Gasteiger partial charge is 0.0835 e. The molecule has 18 heavy (non-hydrogen) atoms. The van der Waals surface area contributed by atoms with E-state index >= 15 is 0 Å². The van der Waals surface area contributed by atoms with E-state index in [0.29, 0.717) is 0 Å². The summed E-state index contributed by atoms with van der Waals surface area (Å²) in [6, 6.07) is 6.80. The van der Waals surface area contributed by atoms with Crippen molar-refractivity contribution in [3.05, 3.63) is 34.9 Å². The molecule has 0 radical (unpaired) electrons. The van der Waals surface area contributed by atoms with Crippen molar-refractivity contribution in [1.82, 2.24) is 5.43 Å². The van der Waals surface area contributed by atoms with Crippen LogP contribution in [0.5, 0.6) is 0 Å². The fraction of sp³-hybridized carbons (Fsp3) is 0.571. The number of rotatable bonds is 4. The van der Waals surface area contributed by atoms with Gasteiger partial charge in [-0.3, -0.25) is 11.3 Å². The van der Waals surface area contributed by atoms with E-state index in [0.717, 1.165) is 24.5 Å². The number of hydrazine groups is 1. The topological polar surface area (TPSA) is 47.3 Å². The van der Waals surface area contributed by atoms with Crippen LogP contribution in [-0.4, -0.2) is 30.3 Å². The highest BCUT2D eigenvalue weighted by atomic mass is 32.2. The van der Waals surface area contributed by atoms with Gasteiger partial charge in [-0.05, 0) is 37.0 Å². The zero-order chi connectivity index (χ0) is 13.0. The first-order chi connectivity index (χ1) is 8.70. The molecule has 3 nitrogen and oxygen atoms in total. The summed E-state index contributed by atoms with van der Waals surface area (Å²) in [7, 11) is 0. The van der Waals surface area contributed by atoms with Crippen molar-refractivity contribution >= 4 is 11.8 Å². The Morgan fingerprint density at radius 3 is 2.89 bits per heavy atom. The zero-order valence-electron chi connectivity index (χ0n) is 11.1. The van der Waals surface area contributed by atoms with Crippen LogP contribution in [0.3, 0.4) is 0 Å². The molecule has 1 heterocycles. The van der Waals surface area contributed by atoms with Crippen LogP contribution in [0.15, 0.2) is 18.2 Å². The Morgan fingerprint density at radius 1 is 1.44 bits per heavy atom. The van der Waals surface area contributed by atoms with Crippen LogP contribution in [-0.2, 0) is 11.2 Å². The van der Waals surface area contributed by atoms with Gasteiger partial charge in [0.1, 0.15) is 0 Å². The first-order valence-corrected chi connectivity index (χ1v) is 7.58. The fourth-order valence-electron chi connectivity index (χ4n) is 2.22. The third-order valence-electron chi connectivity index (χ3n) is 3.53. The average Bonchev–Trinajstić information content (AvgIpc) is 2.41. The Kier molecular flexibility index (Phi) is 5.06. The third kappa shape index (κ3) is 3.48. The molecular weight excluding hydrogens is 244 g/mol. The zero-order valence-corrected chi connectivity index (χ0v) is 11.9. The normalized spacial score (nSPS) is 21.8. The summed E-state index contributed by atoms with van der Waals surface area (Å²) in [6.07, 6.45) is 1.14. The lowest BCUT2D eigenvalue weighted by molar-refractivity contribution is 0.0472. The molecule has 4 heteroatoms. The molecule has 1 saturated heterocycles. The van der Waals surface area contributed by atoms with E-state index in [9.17, 15) is 0 Å². The number of hydrogen-bond acceptors (Lipinski definition) is 4. The second kappa shape index (κ2) is 6.57. The number of aryl methyl sites for hydroxylation is 2. The number of nitrogens with two attached hydrogens (primary N) is 1. The van der Waals surface area contributed by atoms with Crippen LogP contribution in [0.25, 0.3) is 0 Å². The van der Waals surface area contributed by atoms with Crippen molar-refractivity contribution in [1.29, 1.82) is 0 Å². The quantitative estimate of drug-likeness (QED) is 0.644. The lowest BCUT2D eigenvalue weighted by Gasteiger charge is -2.29. The predicted octanol–water partition coefficient (Wildman–Crippen LogP) is 1.81. The van der Waals surface area contributed by atoms with Crippen LogP contribution in [0.4, 0.5) is 0 Å². The van der Waals surface area contributed by atoms with Gasteiger partial charge in [0.05, 0.1) is 18.8 Å². The summed E-state index contributed by atoms with van der Waals surface area (Å²) in [4.78, 5) is 0. The molecule has 0 spiro atoms. The van der Waals surface area contributed by atoms with E-state index < -0.39 is 0 Å². The standard InChI is InChI=1S/C14H22N2OS/c1-10-3-4-12(7-11(10)2)8-13(16-15)14-9-18-6-5-17-14/h3-4,7,13-14,16H,5-6,8-9,15H2,1-2H3. The fourth-order valence-corrected chi connectivity index (χ4v) is 3.16. The Hall–Kier alpha value is -0.550. The van der Waals surface area contributed by atoms with E-state index in [1.165, 1.54) is 16.7 Å². The van der Waals surface area contributed by atoms with Gasteiger partial charge in [-0.25, -0.2) is 0 Å². The highest BCUT2D eigenvalue weighted by Crippen LogP contribution is 2.19. The summed E-state index contributed by atoms with van der Waals surface area (Å²) in [5.41, 5.74) is 6.90. The van der Waals surface area contributed by atoms with Crippen LogP contribution in [0, 0.1) is 13.8 Å². The minimum absolute atomic E-state index is 0.194. The van der Waals surface area contributed by atoms with Crippen molar-refractivity contribution in [3.63, 3.8) is 0 Å². The highest BCUT2D eigenvalue weighted by molar-refractivity contribution is 7.99. The highest BCUT2D eigenvalue weighted by Gasteiger charge is 2.24. The molecule has 1 fully saturated rings. The molecule has 2 unspecified atom stereocenters. The van der Waals surface area contributed by atoms with Gasteiger partial charge >= 0.3 is 0 Å². The lowest BCUT2D eigenvalue weighted by atomic mass is 9.99. The molecule has 1 aromatic carbocycles. The molecule has 3 N–H and O–H groups in total. The molecule has 0 bridgehead atoms. The van der Waals surface area contributed by atoms with Crippen molar-refractivity contribution in [3.8, 4) is 0 Å². The molecule has 2 rings (SSSR count). The lowest BCUT2D eigenvalue weighted by Crippen LogP contribution is -2.49. The Balaban J connectivity index is 2.02. The van der Waals surface area contributed by atoms with Crippen LogP contribution in [0.1, 0.15) is 16.7 Å². The van der Waals surface area contributed by atoms with Crippen LogP contribution < -0.4 is 11.3 Å². The molecule has 1 aromatic rings. The Morgan fingerprint density at radius 2 is 2.28 bits per heavy atom. The maximum atomic E-state index is 5.79. The number of hydrogen-bond donors (Lipinski definition) is 2. The summed E-state index contributed by atoms with van der Waals surface area (Å²) >= 11 is 1.94. The molecule has 2 atom stereocenters. The predicted molar refractivity (Wildman–Crippen MR) is 77.8 cm³/mol. The molecule has 0 amide bonds. The molecule has 100 valence electrons. The van der Waals surface area contributed by atoms with Gasteiger partial charge in [0.25, 0.3) is 0 Å². The minimum Gasteiger partial charge on any atom is -0.375 e. The number of nitrogens with one attached hydrogen (secondary N) is 1. The van der Waals surface area contributed by atoms with Gasteiger partial charge in [-0.1, -0.05) is 18.2 Å².